The van der Waals surface area contributed by atoms with Gasteiger partial charge in [0, 0.05) is 19.2 Å². The second kappa shape index (κ2) is 6.87. The van der Waals surface area contributed by atoms with Crippen molar-refractivity contribution in [2.24, 2.45) is 0 Å². The number of rotatable bonds is 5. The SMILES string of the molecule is CCOC(=O)CCN(C)C(=O)c1ccc2sc(Cl)nc2c1. The quantitative estimate of drug-likeness (QED) is 0.793. The van der Waals surface area contributed by atoms with Crippen molar-refractivity contribution in [3.63, 3.8) is 0 Å². The van der Waals surface area contributed by atoms with E-state index in [0.717, 1.165) is 4.70 Å². The van der Waals surface area contributed by atoms with Crippen LogP contribution in [0.1, 0.15) is 23.7 Å². The summed E-state index contributed by atoms with van der Waals surface area (Å²) in [6.45, 7) is 2.41. The van der Waals surface area contributed by atoms with E-state index in [1.54, 1.807) is 26.1 Å². The van der Waals surface area contributed by atoms with E-state index in [1.165, 1.54) is 16.2 Å². The zero-order chi connectivity index (χ0) is 15.4. The highest BCUT2D eigenvalue weighted by Gasteiger charge is 2.14. The Morgan fingerprint density at radius 2 is 2.19 bits per heavy atom. The van der Waals surface area contributed by atoms with Gasteiger partial charge in [-0.05, 0) is 25.1 Å². The molecule has 1 heterocycles. The minimum atomic E-state index is -0.307. The third-order valence-electron chi connectivity index (χ3n) is 2.91. The highest BCUT2D eigenvalue weighted by atomic mass is 35.5. The minimum absolute atomic E-state index is 0.162. The van der Waals surface area contributed by atoms with E-state index < -0.39 is 0 Å². The van der Waals surface area contributed by atoms with Crippen molar-refractivity contribution in [3.8, 4) is 0 Å². The van der Waals surface area contributed by atoms with Crippen molar-refractivity contribution in [2.75, 3.05) is 20.2 Å². The van der Waals surface area contributed by atoms with Crippen LogP contribution in [0.2, 0.25) is 4.47 Å². The Labute approximate surface area is 131 Å². The van der Waals surface area contributed by atoms with E-state index in [2.05, 4.69) is 4.98 Å². The van der Waals surface area contributed by atoms with Crippen LogP contribution >= 0.6 is 22.9 Å². The van der Waals surface area contributed by atoms with Gasteiger partial charge in [0.05, 0.1) is 23.2 Å². The molecule has 0 saturated carbocycles. The predicted molar refractivity (Wildman–Crippen MR) is 82.8 cm³/mol. The van der Waals surface area contributed by atoms with Crippen LogP contribution in [0.15, 0.2) is 18.2 Å². The maximum Gasteiger partial charge on any atom is 0.307 e. The molecule has 1 aromatic carbocycles. The minimum Gasteiger partial charge on any atom is -0.466 e. The van der Waals surface area contributed by atoms with Gasteiger partial charge in [0.15, 0.2) is 4.47 Å². The molecule has 0 saturated heterocycles. The Kier molecular flexibility index (Phi) is 5.14. The van der Waals surface area contributed by atoms with Crippen LogP contribution in [0.4, 0.5) is 0 Å². The lowest BCUT2D eigenvalue weighted by atomic mass is 10.2. The molecule has 0 N–H and O–H groups in total. The number of hydrogen-bond acceptors (Lipinski definition) is 5. The summed E-state index contributed by atoms with van der Waals surface area (Å²) in [7, 11) is 1.65. The first-order chi connectivity index (χ1) is 10.0. The van der Waals surface area contributed by atoms with Gasteiger partial charge in [0.1, 0.15) is 0 Å². The number of esters is 1. The number of benzene rings is 1. The fraction of sp³-hybridized carbons (Fsp3) is 0.357. The molecule has 0 fully saturated rings. The number of nitrogens with zero attached hydrogens (tertiary/aromatic N) is 2. The molecule has 0 aliphatic carbocycles. The van der Waals surface area contributed by atoms with Gasteiger partial charge in [-0.2, -0.15) is 0 Å². The van der Waals surface area contributed by atoms with E-state index in [0.29, 0.717) is 28.7 Å². The van der Waals surface area contributed by atoms with Crippen LogP contribution in [0.5, 0.6) is 0 Å². The third kappa shape index (κ3) is 3.92. The monoisotopic (exact) mass is 326 g/mol. The molecule has 1 amide bonds. The van der Waals surface area contributed by atoms with Crippen LogP contribution in [-0.4, -0.2) is 42.0 Å². The van der Waals surface area contributed by atoms with Crippen LogP contribution in [0, 0.1) is 0 Å². The number of amides is 1. The molecule has 0 radical (unpaired) electrons. The lowest BCUT2D eigenvalue weighted by molar-refractivity contribution is -0.143. The second-order valence-electron chi connectivity index (χ2n) is 4.43. The smallest absolute Gasteiger partial charge is 0.307 e. The first-order valence-corrected chi connectivity index (χ1v) is 7.68. The van der Waals surface area contributed by atoms with Gasteiger partial charge in [0.25, 0.3) is 5.91 Å². The fourth-order valence-electron chi connectivity index (χ4n) is 1.85. The maximum absolute atomic E-state index is 12.3. The summed E-state index contributed by atoms with van der Waals surface area (Å²) < 4.78 is 6.22. The van der Waals surface area contributed by atoms with Gasteiger partial charge in [-0.1, -0.05) is 11.6 Å². The maximum atomic E-state index is 12.3. The van der Waals surface area contributed by atoms with Crippen molar-refractivity contribution < 1.29 is 14.3 Å². The molecule has 2 aromatic rings. The molecule has 21 heavy (non-hydrogen) atoms. The number of carbonyl (C=O) groups excluding carboxylic acids is 2. The first kappa shape index (κ1) is 15.7. The Hall–Kier alpha value is -1.66. The lowest BCUT2D eigenvalue weighted by Gasteiger charge is -2.16. The van der Waals surface area contributed by atoms with E-state index in [-0.39, 0.29) is 18.3 Å². The summed E-state index contributed by atoms with van der Waals surface area (Å²) in [6.07, 6.45) is 0.181. The van der Waals surface area contributed by atoms with Crippen molar-refractivity contribution in [1.29, 1.82) is 0 Å². The molecule has 0 atom stereocenters. The highest BCUT2D eigenvalue weighted by Crippen LogP contribution is 2.26. The zero-order valence-electron chi connectivity index (χ0n) is 11.8. The zero-order valence-corrected chi connectivity index (χ0v) is 13.3. The number of aromatic nitrogens is 1. The lowest BCUT2D eigenvalue weighted by Crippen LogP contribution is -2.29. The van der Waals surface area contributed by atoms with Crippen LogP contribution in [0.3, 0.4) is 0 Å². The van der Waals surface area contributed by atoms with E-state index in [4.69, 9.17) is 16.3 Å². The molecule has 0 spiro atoms. The molecule has 0 unspecified atom stereocenters. The van der Waals surface area contributed by atoms with Gasteiger partial charge in [0.2, 0.25) is 0 Å². The normalized spacial score (nSPS) is 10.6. The Bertz CT molecular complexity index is 671. The fourth-order valence-corrected chi connectivity index (χ4v) is 2.86. The summed E-state index contributed by atoms with van der Waals surface area (Å²) in [4.78, 5) is 29.2. The Balaban J connectivity index is 2.04. The molecule has 5 nitrogen and oxygen atoms in total. The number of hydrogen-bond donors (Lipinski definition) is 0. The van der Waals surface area contributed by atoms with E-state index in [1.807, 2.05) is 6.07 Å². The van der Waals surface area contributed by atoms with Crippen molar-refractivity contribution in [1.82, 2.24) is 9.88 Å². The summed E-state index contributed by atoms with van der Waals surface area (Å²) >= 11 is 7.22. The number of ether oxygens (including phenoxy) is 1. The van der Waals surface area contributed by atoms with E-state index in [9.17, 15) is 9.59 Å². The Morgan fingerprint density at radius 3 is 2.90 bits per heavy atom. The molecular weight excluding hydrogens is 312 g/mol. The van der Waals surface area contributed by atoms with Crippen molar-refractivity contribution >= 4 is 45.0 Å². The van der Waals surface area contributed by atoms with Gasteiger partial charge < -0.3 is 9.64 Å². The number of carbonyl (C=O) groups is 2. The van der Waals surface area contributed by atoms with Gasteiger partial charge in [-0.3, -0.25) is 9.59 Å². The highest BCUT2D eigenvalue weighted by molar-refractivity contribution is 7.22. The molecule has 112 valence electrons. The van der Waals surface area contributed by atoms with E-state index >= 15 is 0 Å². The average molecular weight is 327 g/mol. The van der Waals surface area contributed by atoms with Crippen LogP contribution in [0.25, 0.3) is 10.2 Å². The summed E-state index contributed by atoms with van der Waals surface area (Å²) in [5.74, 6) is -0.468. The first-order valence-electron chi connectivity index (χ1n) is 6.48. The topological polar surface area (TPSA) is 59.5 Å². The standard InChI is InChI=1S/C14H15ClN2O3S/c1-3-20-12(18)6-7-17(2)13(19)9-4-5-11-10(8-9)16-14(15)21-11/h4-5,8H,3,6-7H2,1-2H3. The van der Waals surface area contributed by atoms with Crippen LogP contribution in [-0.2, 0) is 9.53 Å². The summed E-state index contributed by atoms with van der Waals surface area (Å²) in [6, 6.07) is 5.27. The van der Waals surface area contributed by atoms with Crippen molar-refractivity contribution in [3.05, 3.63) is 28.2 Å². The third-order valence-corrected chi connectivity index (χ3v) is 4.05. The van der Waals surface area contributed by atoms with Gasteiger partial charge in [-0.25, -0.2) is 4.98 Å². The predicted octanol–water partition coefficient (Wildman–Crippen LogP) is 2.97. The molecule has 1 aromatic heterocycles. The molecule has 0 bridgehead atoms. The molecule has 7 heteroatoms. The number of halogens is 1. The largest absolute Gasteiger partial charge is 0.466 e. The molecular formula is C14H15ClN2O3S. The summed E-state index contributed by atoms with van der Waals surface area (Å²) in [5, 5.41) is 0. The number of thiazole rings is 1. The van der Waals surface area contributed by atoms with Gasteiger partial charge in [-0.15, -0.1) is 11.3 Å². The number of fused-ring (bicyclic) bond motifs is 1. The average Bonchev–Trinajstić information content (AvgIpc) is 2.83. The Morgan fingerprint density at radius 1 is 1.43 bits per heavy atom. The summed E-state index contributed by atoms with van der Waals surface area (Å²) in [5.41, 5.74) is 1.23. The molecule has 0 aliphatic heterocycles. The van der Waals surface area contributed by atoms with Gasteiger partial charge >= 0.3 is 5.97 Å². The second-order valence-corrected chi connectivity index (χ2v) is 6.04. The van der Waals surface area contributed by atoms with Crippen molar-refractivity contribution in [2.45, 2.75) is 13.3 Å². The van der Waals surface area contributed by atoms with Crippen LogP contribution < -0.4 is 0 Å². The molecule has 2 rings (SSSR count). The molecule has 0 aliphatic rings.